The standard InChI is InChI=1S/C38H45NO5Si/c1-38(2,3)45(30-15-7-5-8-16-30,31-17-9-6-10-18-31)44-28-27-42-26-25-41-24-23-39(4)37(40)43-29-36-34-21-13-11-19-32(34)33-20-12-14-22-35(33)36/h5-22,36H,23-29H2,1-4H3. The quantitative estimate of drug-likeness (QED) is 0.119. The summed E-state index contributed by atoms with van der Waals surface area (Å²) in [6, 6.07) is 37.9. The van der Waals surface area contributed by atoms with Gasteiger partial charge in [-0.3, -0.25) is 0 Å². The topological polar surface area (TPSA) is 57.2 Å². The van der Waals surface area contributed by atoms with E-state index in [4.69, 9.17) is 18.6 Å². The van der Waals surface area contributed by atoms with E-state index in [1.807, 2.05) is 24.3 Å². The van der Waals surface area contributed by atoms with Crippen molar-refractivity contribution in [2.45, 2.75) is 31.7 Å². The van der Waals surface area contributed by atoms with Crippen LogP contribution in [-0.2, 0) is 18.6 Å². The molecule has 0 saturated carbocycles. The first kappa shape index (κ1) is 32.6. The number of carbonyl (C=O) groups is 1. The molecule has 4 aromatic carbocycles. The monoisotopic (exact) mass is 623 g/mol. The maximum atomic E-state index is 12.7. The third-order valence-electron chi connectivity index (χ3n) is 8.55. The summed E-state index contributed by atoms with van der Waals surface area (Å²) in [6.45, 7) is 9.84. The van der Waals surface area contributed by atoms with Gasteiger partial charge in [-0.25, -0.2) is 4.79 Å². The minimum absolute atomic E-state index is 0.0451. The van der Waals surface area contributed by atoms with E-state index >= 15 is 0 Å². The minimum Gasteiger partial charge on any atom is -0.448 e. The SMILES string of the molecule is CN(CCOCCOCCO[Si](c1ccccc1)(c1ccccc1)C(C)(C)C)C(=O)OCC1c2ccccc2-c2ccccc21. The van der Waals surface area contributed by atoms with E-state index in [1.54, 1.807) is 11.9 Å². The predicted octanol–water partition coefficient (Wildman–Crippen LogP) is 6.48. The van der Waals surface area contributed by atoms with E-state index in [0.29, 0.717) is 46.2 Å². The molecule has 0 bridgehead atoms. The Morgan fingerprint density at radius 1 is 0.667 bits per heavy atom. The molecule has 0 radical (unpaired) electrons. The Hall–Kier alpha value is -3.75. The van der Waals surface area contributed by atoms with Gasteiger partial charge in [-0.15, -0.1) is 0 Å². The van der Waals surface area contributed by atoms with Crippen LogP contribution in [0.2, 0.25) is 5.04 Å². The van der Waals surface area contributed by atoms with Crippen LogP contribution in [0.1, 0.15) is 37.8 Å². The van der Waals surface area contributed by atoms with Gasteiger partial charge in [0.25, 0.3) is 8.32 Å². The second kappa shape index (κ2) is 15.0. The fourth-order valence-corrected chi connectivity index (χ4v) is 10.9. The van der Waals surface area contributed by atoms with Crippen LogP contribution < -0.4 is 10.4 Å². The average molecular weight is 624 g/mol. The molecule has 0 aliphatic heterocycles. The first-order valence-corrected chi connectivity index (χ1v) is 17.7. The summed E-state index contributed by atoms with van der Waals surface area (Å²) in [5.41, 5.74) is 4.84. The van der Waals surface area contributed by atoms with Crippen molar-refractivity contribution in [2.24, 2.45) is 0 Å². The number of amides is 1. The molecule has 45 heavy (non-hydrogen) atoms. The molecule has 0 spiro atoms. The summed E-state index contributed by atoms with van der Waals surface area (Å²) in [7, 11) is -0.828. The summed E-state index contributed by atoms with van der Waals surface area (Å²) < 4.78 is 24.2. The number of nitrogens with zero attached hydrogens (tertiary/aromatic N) is 1. The van der Waals surface area contributed by atoms with Crippen LogP contribution in [-0.4, -0.2) is 72.5 Å². The molecular weight excluding hydrogens is 579 g/mol. The maximum absolute atomic E-state index is 12.7. The number of ether oxygens (including phenoxy) is 3. The average Bonchev–Trinajstić information content (AvgIpc) is 3.38. The van der Waals surface area contributed by atoms with Crippen molar-refractivity contribution in [3.05, 3.63) is 120 Å². The minimum atomic E-state index is -2.57. The highest BCUT2D eigenvalue weighted by Crippen LogP contribution is 2.44. The molecule has 1 aliphatic rings. The van der Waals surface area contributed by atoms with Crippen molar-refractivity contribution in [3.63, 3.8) is 0 Å². The predicted molar refractivity (Wildman–Crippen MR) is 183 cm³/mol. The smallest absolute Gasteiger partial charge is 0.409 e. The summed E-state index contributed by atoms with van der Waals surface area (Å²) >= 11 is 0. The molecule has 7 heteroatoms. The Balaban J connectivity index is 1.02. The number of benzene rings is 4. The lowest BCUT2D eigenvalue weighted by Crippen LogP contribution is -2.66. The zero-order valence-electron chi connectivity index (χ0n) is 26.9. The van der Waals surface area contributed by atoms with E-state index in [1.165, 1.54) is 32.6 Å². The van der Waals surface area contributed by atoms with E-state index in [9.17, 15) is 4.79 Å². The molecule has 5 rings (SSSR count). The molecule has 0 N–H and O–H groups in total. The van der Waals surface area contributed by atoms with Gasteiger partial charge in [0.05, 0.1) is 33.0 Å². The fourth-order valence-electron chi connectivity index (χ4n) is 6.33. The fraction of sp³-hybridized carbons (Fsp3) is 0.342. The molecule has 1 aliphatic carbocycles. The van der Waals surface area contributed by atoms with Crippen molar-refractivity contribution in [1.82, 2.24) is 4.90 Å². The molecule has 6 nitrogen and oxygen atoms in total. The van der Waals surface area contributed by atoms with Gasteiger partial charge in [0, 0.05) is 19.5 Å². The highest BCUT2D eigenvalue weighted by molar-refractivity contribution is 6.99. The largest absolute Gasteiger partial charge is 0.448 e. The molecule has 0 atom stereocenters. The van der Waals surface area contributed by atoms with Gasteiger partial charge >= 0.3 is 6.09 Å². The lowest BCUT2D eigenvalue weighted by molar-refractivity contribution is 0.0284. The second-order valence-corrected chi connectivity index (χ2v) is 16.8. The van der Waals surface area contributed by atoms with Gasteiger partial charge in [-0.2, -0.15) is 0 Å². The molecule has 236 valence electrons. The highest BCUT2D eigenvalue weighted by Gasteiger charge is 2.50. The van der Waals surface area contributed by atoms with Crippen LogP contribution in [0.4, 0.5) is 4.79 Å². The zero-order valence-corrected chi connectivity index (χ0v) is 27.9. The van der Waals surface area contributed by atoms with Crippen LogP contribution in [0.5, 0.6) is 0 Å². The number of rotatable bonds is 14. The summed E-state index contributed by atoms with van der Waals surface area (Å²) in [6.07, 6.45) is -0.350. The zero-order chi connectivity index (χ0) is 31.7. The van der Waals surface area contributed by atoms with Crippen molar-refractivity contribution in [1.29, 1.82) is 0 Å². The molecule has 0 fully saturated rings. The first-order valence-electron chi connectivity index (χ1n) is 15.8. The van der Waals surface area contributed by atoms with E-state index < -0.39 is 8.32 Å². The Labute approximate surface area is 269 Å². The third kappa shape index (κ3) is 7.39. The van der Waals surface area contributed by atoms with Crippen molar-refractivity contribution in [3.8, 4) is 11.1 Å². The normalized spacial score (nSPS) is 12.9. The highest BCUT2D eigenvalue weighted by atomic mass is 28.4. The molecule has 0 aromatic heterocycles. The van der Waals surface area contributed by atoms with Crippen molar-refractivity contribution in [2.75, 3.05) is 53.2 Å². The molecule has 0 saturated heterocycles. The second-order valence-electron chi connectivity index (χ2n) is 12.5. The number of hydrogen-bond acceptors (Lipinski definition) is 5. The van der Waals surface area contributed by atoms with Crippen LogP contribution in [0.3, 0.4) is 0 Å². The van der Waals surface area contributed by atoms with Gasteiger partial charge in [-0.05, 0) is 37.7 Å². The Kier molecular flexibility index (Phi) is 10.9. The van der Waals surface area contributed by atoms with E-state index in [2.05, 4.69) is 106 Å². The van der Waals surface area contributed by atoms with Crippen LogP contribution >= 0.6 is 0 Å². The van der Waals surface area contributed by atoms with Gasteiger partial charge in [-0.1, -0.05) is 130 Å². The molecule has 1 amide bonds. The number of carbonyl (C=O) groups excluding carboxylic acids is 1. The summed E-state index contributed by atoms with van der Waals surface area (Å²) in [4.78, 5) is 14.3. The van der Waals surface area contributed by atoms with Gasteiger partial charge in [0.15, 0.2) is 0 Å². The Morgan fingerprint density at radius 2 is 1.13 bits per heavy atom. The Bertz CT molecular complexity index is 1440. The van der Waals surface area contributed by atoms with Crippen LogP contribution in [0.15, 0.2) is 109 Å². The number of hydrogen-bond donors (Lipinski definition) is 0. The molecule has 4 aromatic rings. The Morgan fingerprint density at radius 3 is 1.67 bits per heavy atom. The van der Waals surface area contributed by atoms with Gasteiger partial charge in [0.1, 0.15) is 6.61 Å². The number of likely N-dealkylation sites (N-methyl/N-ethyl adjacent to an activating group) is 1. The number of fused-ring (bicyclic) bond motifs is 3. The first-order chi connectivity index (χ1) is 21.8. The lowest BCUT2D eigenvalue weighted by Gasteiger charge is -2.43. The van der Waals surface area contributed by atoms with Crippen molar-refractivity contribution < 1.29 is 23.4 Å². The lowest BCUT2D eigenvalue weighted by atomic mass is 9.98. The molecule has 0 unspecified atom stereocenters. The van der Waals surface area contributed by atoms with E-state index in [-0.39, 0.29) is 17.0 Å². The molecular formula is C38H45NO5Si. The third-order valence-corrected chi connectivity index (χ3v) is 13.6. The van der Waals surface area contributed by atoms with Crippen LogP contribution in [0, 0.1) is 0 Å². The maximum Gasteiger partial charge on any atom is 0.409 e. The van der Waals surface area contributed by atoms with E-state index in [0.717, 1.165) is 0 Å². The summed E-state index contributed by atoms with van der Waals surface area (Å²) in [5.74, 6) is 0.0451. The van der Waals surface area contributed by atoms with Gasteiger partial charge < -0.3 is 23.5 Å². The van der Waals surface area contributed by atoms with Crippen LogP contribution in [0.25, 0.3) is 11.1 Å². The summed E-state index contributed by atoms with van der Waals surface area (Å²) in [5, 5.41) is 2.44. The van der Waals surface area contributed by atoms with Crippen molar-refractivity contribution >= 4 is 24.8 Å². The van der Waals surface area contributed by atoms with Gasteiger partial charge in [0.2, 0.25) is 0 Å². The molecule has 0 heterocycles.